The number of carbonyl (C=O) groups excluding carboxylic acids is 3. The van der Waals surface area contributed by atoms with Crippen molar-refractivity contribution < 1.29 is 39.1 Å². The van der Waals surface area contributed by atoms with Crippen LogP contribution in [-0.2, 0) is 28.7 Å². The van der Waals surface area contributed by atoms with Gasteiger partial charge in [0.1, 0.15) is 12.2 Å². The molecule has 0 radical (unpaired) electrons. The molecule has 0 amide bonds. The molecule has 0 fully saturated rings. The Kier molecular flexibility index (Phi) is 15.1. The van der Waals surface area contributed by atoms with Gasteiger partial charge in [0.2, 0.25) is 0 Å². The fourth-order valence-corrected chi connectivity index (χ4v) is 2.24. The van der Waals surface area contributed by atoms with Crippen LogP contribution in [0.1, 0.15) is 64.2 Å². The molecule has 0 N–H and O–H groups in total. The summed E-state index contributed by atoms with van der Waals surface area (Å²) in [5.41, 5.74) is 1.94. The van der Waals surface area contributed by atoms with E-state index in [1.54, 1.807) is 0 Å². The van der Waals surface area contributed by atoms with Crippen LogP contribution in [0.3, 0.4) is 0 Å². The zero-order valence-electron chi connectivity index (χ0n) is 16.2. The monoisotopic (exact) mass is 396 g/mol. The van der Waals surface area contributed by atoms with Gasteiger partial charge in [-0.15, -0.1) is 0 Å². The van der Waals surface area contributed by atoms with Gasteiger partial charge in [-0.3, -0.25) is 9.59 Å². The third-order valence-electron chi connectivity index (χ3n) is 3.81. The first kappa shape index (κ1) is 25.4. The Morgan fingerprint density at radius 1 is 0.786 bits per heavy atom. The molecule has 0 bridgehead atoms. The Balaban J connectivity index is 3.41. The van der Waals surface area contributed by atoms with Crippen LogP contribution in [0.2, 0.25) is 0 Å². The molecule has 28 heavy (non-hydrogen) atoms. The Labute approximate surface area is 165 Å². The molecule has 8 nitrogen and oxygen atoms in total. The second-order valence-electron chi connectivity index (χ2n) is 6.20. The number of unbranched alkanes of at least 4 members (excludes halogenated alkanes) is 7. The molecule has 0 spiro atoms. The average Bonchev–Trinajstić information content (AvgIpc) is 2.66. The van der Waals surface area contributed by atoms with Crippen molar-refractivity contribution in [2.45, 2.75) is 64.2 Å². The molecule has 0 aromatic carbocycles. The highest BCUT2D eigenvalue weighted by molar-refractivity contribution is 5.90. The normalized spacial score (nSPS) is 9.89. The molecule has 0 aliphatic carbocycles. The molecule has 0 saturated heterocycles. The number of hydrogen-bond acceptors (Lipinski definition) is 8. The summed E-state index contributed by atoms with van der Waals surface area (Å²) < 4.78 is 9.90. The standard InChI is InChI=1S/C20H30O8/c1-3-17(28-25)15-19(22)27-13-11-9-7-5-4-6-8-10-12-26-18(21)14-16(2)20(23)24/h25H,1-2,4-15H2,(H,23,24)/p-2. The molecule has 0 aliphatic rings. The number of ether oxygens (including phenoxy) is 2. The van der Waals surface area contributed by atoms with Gasteiger partial charge >= 0.3 is 11.9 Å². The minimum Gasteiger partial charge on any atom is -0.664 e. The highest BCUT2D eigenvalue weighted by Gasteiger charge is 2.07. The fraction of sp³-hybridized carbons (Fsp3) is 0.600. The van der Waals surface area contributed by atoms with E-state index < -0.39 is 17.9 Å². The van der Waals surface area contributed by atoms with Crippen LogP contribution in [0, 0.1) is 0 Å². The van der Waals surface area contributed by atoms with Crippen LogP contribution in [0.15, 0.2) is 30.2 Å². The van der Waals surface area contributed by atoms with E-state index in [9.17, 15) is 24.7 Å². The fourth-order valence-electron chi connectivity index (χ4n) is 2.24. The highest BCUT2D eigenvalue weighted by Crippen LogP contribution is 2.09. The summed E-state index contributed by atoms with van der Waals surface area (Å²) in [6, 6.07) is 0. The summed E-state index contributed by atoms with van der Waals surface area (Å²) in [6.45, 7) is 7.02. The van der Waals surface area contributed by atoms with Gasteiger partial charge in [-0.05, 0) is 18.4 Å². The first-order chi connectivity index (χ1) is 13.4. The second-order valence-corrected chi connectivity index (χ2v) is 6.20. The molecular weight excluding hydrogens is 368 g/mol. The van der Waals surface area contributed by atoms with E-state index in [0.29, 0.717) is 6.61 Å². The molecule has 0 aromatic rings. The molecule has 8 heteroatoms. The van der Waals surface area contributed by atoms with Crippen LogP contribution in [0.5, 0.6) is 0 Å². The number of esters is 2. The molecule has 0 aromatic heterocycles. The number of rotatable bonds is 17. The van der Waals surface area contributed by atoms with Gasteiger partial charge in [0, 0.05) is 0 Å². The third-order valence-corrected chi connectivity index (χ3v) is 3.81. The first-order valence-corrected chi connectivity index (χ1v) is 9.29. The number of aliphatic carboxylic acids is 1. The molecule has 0 saturated carbocycles. The summed E-state index contributed by atoms with van der Waals surface area (Å²) in [7, 11) is 0. The lowest BCUT2D eigenvalue weighted by Crippen LogP contribution is -2.25. The van der Waals surface area contributed by atoms with Gasteiger partial charge in [-0.25, -0.2) is 0 Å². The van der Waals surface area contributed by atoms with E-state index >= 15 is 0 Å². The number of carboxylic acid groups (broad SMARTS) is 1. The third kappa shape index (κ3) is 14.6. The van der Waals surface area contributed by atoms with Crippen LogP contribution in [0.4, 0.5) is 0 Å². The number of carbonyl (C=O) groups is 3. The van der Waals surface area contributed by atoms with Gasteiger partial charge in [0.05, 0.1) is 25.6 Å². The predicted molar refractivity (Wildman–Crippen MR) is 96.0 cm³/mol. The second kappa shape index (κ2) is 16.6. The summed E-state index contributed by atoms with van der Waals surface area (Å²) in [6.07, 6.45) is 6.91. The Morgan fingerprint density at radius 3 is 1.61 bits per heavy atom. The Hall–Kier alpha value is -2.57. The summed E-state index contributed by atoms with van der Waals surface area (Å²) in [5, 5.41) is 20.6. The average molecular weight is 396 g/mol. The maximum atomic E-state index is 11.4. The Bertz CT molecular complexity index is 561. The van der Waals surface area contributed by atoms with Gasteiger partial charge in [0.15, 0.2) is 0 Å². The number of carboxylic acids is 1. The van der Waals surface area contributed by atoms with E-state index in [2.05, 4.69) is 23.8 Å². The predicted octanol–water partition coefficient (Wildman–Crippen LogP) is 1.24. The largest absolute Gasteiger partial charge is 0.664 e. The summed E-state index contributed by atoms with van der Waals surface area (Å²) in [4.78, 5) is 36.8. The van der Waals surface area contributed by atoms with E-state index in [-0.39, 0.29) is 30.8 Å². The minimum atomic E-state index is -1.44. The van der Waals surface area contributed by atoms with Crippen LogP contribution in [-0.4, -0.2) is 31.1 Å². The topological polar surface area (TPSA) is 125 Å². The lowest BCUT2D eigenvalue weighted by atomic mass is 10.1. The summed E-state index contributed by atoms with van der Waals surface area (Å²) in [5.74, 6) is -2.76. The molecule has 158 valence electrons. The van der Waals surface area contributed by atoms with Crippen molar-refractivity contribution in [3.05, 3.63) is 30.2 Å². The van der Waals surface area contributed by atoms with Crippen molar-refractivity contribution in [3.63, 3.8) is 0 Å². The van der Waals surface area contributed by atoms with Gasteiger partial charge in [-0.2, -0.15) is 0 Å². The number of hydrogen-bond donors (Lipinski definition) is 0. The lowest BCUT2D eigenvalue weighted by molar-refractivity contribution is -0.672. The first-order valence-electron chi connectivity index (χ1n) is 9.29. The van der Waals surface area contributed by atoms with E-state index in [1.807, 2.05) is 0 Å². The molecule has 0 unspecified atom stereocenters. The van der Waals surface area contributed by atoms with E-state index in [4.69, 9.17) is 9.47 Å². The Morgan fingerprint density at radius 2 is 1.21 bits per heavy atom. The quantitative estimate of drug-likeness (QED) is 0.0684. The SMILES string of the molecule is C=C=C(CC(=O)OCCCCCCCCCCOC(=O)CC(=C)C(=O)[O-])O[O-]. The van der Waals surface area contributed by atoms with Crippen molar-refractivity contribution in [3.8, 4) is 0 Å². The van der Waals surface area contributed by atoms with Gasteiger partial charge in [-0.1, -0.05) is 57.4 Å². The van der Waals surface area contributed by atoms with Gasteiger partial charge < -0.3 is 29.5 Å². The van der Waals surface area contributed by atoms with Crippen molar-refractivity contribution in [1.82, 2.24) is 0 Å². The van der Waals surface area contributed by atoms with Crippen LogP contribution >= 0.6 is 0 Å². The zero-order chi connectivity index (χ0) is 21.2. The van der Waals surface area contributed by atoms with Gasteiger partial charge in [0.25, 0.3) is 0 Å². The molecular formula is C20H28O8-2. The van der Waals surface area contributed by atoms with Crippen molar-refractivity contribution in [1.29, 1.82) is 0 Å². The highest BCUT2D eigenvalue weighted by atomic mass is 17.1. The molecule has 0 aliphatic heterocycles. The zero-order valence-corrected chi connectivity index (χ0v) is 16.2. The molecule has 0 atom stereocenters. The lowest BCUT2D eigenvalue weighted by Gasteiger charge is -2.10. The maximum absolute atomic E-state index is 11.4. The van der Waals surface area contributed by atoms with Crippen molar-refractivity contribution in [2.24, 2.45) is 0 Å². The summed E-state index contributed by atoms with van der Waals surface area (Å²) >= 11 is 0. The van der Waals surface area contributed by atoms with Crippen LogP contribution < -0.4 is 10.4 Å². The molecule has 0 heterocycles. The van der Waals surface area contributed by atoms with E-state index in [1.165, 1.54) is 0 Å². The minimum absolute atomic E-state index is 0.178. The van der Waals surface area contributed by atoms with Crippen molar-refractivity contribution >= 4 is 17.9 Å². The molecule has 0 rings (SSSR count). The van der Waals surface area contributed by atoms with Crippen LogP contribution in [0.25, 0.3) is 0 Å². The van der Waals surface area contributed by atoms with Crippen molar-refractivity contribution in [2.75, 3.05) is 13.2 Å². The maximum Gasteiger partial charge on any atom is 0.314 e. The van der Waals surface area contributed by atoms with E-state index in [0.717, 1.165) is 51.4 Å². The smallest absolute Gasteiger partial charge is 0.314 e.